The van der Waals surface area contributed by atoms with Crippen LogP contribution in [0.3, 0.4) is 0 Å². The second-order valence-corrected chi connectivity index (χ2v) is 4.05. The predicted molar refractivity (Wildman–Crippen MR) is 74.3 cm³/mol. The van der Waals surface area contributed by atoms with Crippen LogP contribution in [0.25, 0.3) is 0 Å². The molecule has 2 heteroatoms. The highest BCUT2D eigenvalue weighted by molar-refractivity contribution is 5.85. The third-order valence-corrected chi connectivity index (χ3v) is 2.72. The molecule has 92 valence electrons. The van der Waals surface area contributed by atoms with E-state index >= 15 is 0 Å². The van der Waals surface area contributed by atoms with Crippen molar-refractivity contribution in [1.82, 2.24) is 5.32 Å². The normalized spacial score (nSPS) is 9.88. The van der Waals surface area contributed by atoms with Gasteiger partial charge in [-0.1, -0.05) is 51.0 Å². The van der Waals surface area contributed by atoms with Crippen molar-refractivity contribution in [1.29, 1.82) is 0 Å². The van der Waals surface area contributed by atoms with Gasteiger partial charge in [0.15, 0.2) is 0 Å². The minimum absolute atomic E-state index is 0. The van der Waals surface area contributed by atoms with Crippen LogP contribution in [0, 0.1) is 0 Å². The number of hydrogen-bond donors (Lipinski definition) is 1. The summed E-state index contributed by atoms with van der Waals surface area (Å²) >= 11 is 0. The van der Waals surface area contributed by atoms with Gasteiger partial charge >= 0.3 is 0 Å². The van der Waals surface area contributed by atoms with Gasteiger partial charge in [0.2, 0.25) is 0 Å². The van der Waals surface area contributed by atoms with Crippen LogP contribution in [0.1, 0.15) is 44.2 Å². The van der Waals surface area contributed by atoms with E-state index in [1.165, 1.54) is 30.4 Å². The molecule has 1 aromatic carbocycles. The molecule has 0 aromatic heterocycles. The summed E-state index contributed by atoms with van der Waals surface area (Å²) < 4.78 is 0. The number of rotatable bonds is 7. The van der Waals surface area contributed by atoms with Gasteiger partial charge in [0, 0.05) is 6.54 Å². The fourth-order valence-corrected chi connectivity index (χ4v) is 1.63. The van der Waals surface area contributed by atoms with E-state index in [1.54, 1.807) is 0 Å². The van der Waals surface area contributed by atoms with E-state index in [9.17, 15) is 0 Å². The molecule has 0 saturated heterocycles. The third kappa shape index (κ3) is 6.14. The molecule has 1 aromatic rings. The zero-order valence-corrected chi connectivity index (χ0v) is 11.3. The van der Waals surface area contributed by atoms with Crippen molar-refractivity contribution in [3.63, 3.8) is 0 Å². The van der Waals surface area contributed by atoms with Gasteiger partial charge in [-0.25, -0.2) is 0 Å². The molecule has 1 nitrogen and oxygen atoms in total. The molecule has 0 aliphatic carbocycles. The van der Waals surface area contributed by atoms with Crippen LogP contribution < -0.4 is 5.32 Å². The lowest BCUT2D eigenvalue weighted by molar-refractivity contribution is 0.617. The van der Waals surface area contributed by atoms with Crippen LogP contribution in [-0.2, 0) is 13.0 Å². The first kappa shape index (κ1) is 15.5. The first-order chi connectivity index (χ1) is 7.36. The van der Waals surface area contributed by atoms with E-state index in [0.717, 1.165) is 19.5 Å². The lowest BCUT2D eigenvalue weighted by Crippen LogP contribution is -2.14. The van der Waals surface area contributed by atoms with Gasteiger partial charge in [-0.3, -0.25) is 0 Å². The van der Waals surface area contributed by atoms with Crippen molar-refractivity contribution in [2.24, 2.45) is 0 Å². The molecule has 16 heavy (non-hydrogen) atoms. The van der Waals surface area contributed by atoms with Gasteiger partial charge in [0.05, 0.1) is 0 Å². The number of hydrogen-bond acceptors (Lipinski definition) is 1. The Bertz CT molecular complexity index is 256. The van der Waals surface area contributed by atoms with Crippen molar-refractivity contribution >= 4 is 12.4 Å². The van der Waals surface area contributed by atoms with Gasteiger partial charge in [-0.15, -0.1) is 12.4 Å². The lowest BCUT2D eigenvalue weighted by Gasteiger charge is -2.05. The largest absolute Gasteiger partial charge is 0.313 e. The Balaban J connectivity index is 0.00000225. The number of unbranched alkanes of at least 4 members (excludes halogenated alkanes) is 2. The Morgan fingerprint density at radius 3 is 2.12 bits per heavy atom. The van der Waals surface area contributed by atoms with Crippen LogP contribution in [0.15, 0.2) is 24.3 Å². The second kappa shape index (κ2) is 9.68. The van der Waals surface area contributed by atoms with Crippen LogP contribution in [0.4, 0.5) is 0 Å². The maximum absolute atomic E-state index is 3.47. The molecule has 0 fully saturated rings. The monoisotopic (exact) mass is 241 g/mol. The molecule has 0 bridgehead atoms. The van der Waals surface area contributed by atoms with Gasteiger partial charge in [-0.2, -0.15) is 0 Å². The quantitative estimate of drug-likeness (QED) is 0.713. The molecule has 0 aliphatic heterocycles. The molecule has 1 rings (SSSR count). The van der Waals surface area contributed by atoms with Crippen molar-refractivity contribution in [3.8, 4) is 0 Å². The van der Waals surface area contributed by atoms with E-state index < -0.39 is 0 Å². The highest BCUT2D eigenvalue weighted by Gasteiger charge is 1.93. The van der Waals surface area contributed by atoms with E-state index in [2.05, 4.69) is 43.4 Å². The molecule has 0 saturated carbocycles. The van der Waals surface area contributed by atoms with E-state index in [1.807, 2.05) is 0 Å². The van der Waals surface area contributed by atoms with Crippen LogP contribution in [0.5, 0.6) is 0 Å². The highest BCUT2D eigenvalue weighted by atomic mass is 35.5. The predicted octanol–water partition coefficient (Wildman–Crippen LogP) is 3.95. The Labute approximate surface area is 106 Å². The average Bonchev–Trinajstić information content (AvgIpc) is 2.30. The van der Waals surface area contributed by atoms with Gasteiger partial charge in [-0.05, 0) is 30.5 Å². The highest BCUT2D eigenvalue weighted by Crippen LogP contribution is 2.04. The maximum Gasteiger partial charge on any atom is 0.0205 e. The lowest BCUT2D eigenvalue weighted by atomic mass is 10.1. The number of aryl methyl sites for hydroxylation is 1. The Morgan fingerprint density at radius 2 is 1.56 bits per heavy atom. The molecule has 1 N–H and O–H groups in total. The fourth-order valence-electron chi connectivity index (χ4n) is 1.63. The minimum atomic E-state index is 0. The summed E-state index contributed by atoms with van der Waals surface area (Å²) in [6, 6.07) is 8.91. The standard InChI is InChI=1S/C14H23N.ClH/c1-3-5-6-11-15-12-14-9-7-13(4-2)8-10-14;/h7-10,15H,3-6,11-12H2,1-2H3;1H. The van der Waals surface area contributed by atoms with Gasteiger partial charge in [0.1, 0.15) is 0 Å². The van der Waals surface area contributed by atoms with Gasteiger partial charge < -0.3 is 5.32 Å². The second-order valence-electron chi connectivity index (χ2n) is 4.05. The molecular formula is C14H24ClN. The van der Waals surface area contributed by atoms with E-state index in [4.69, 9.17) is 0 Å². The summed E-state index contributed by atoms with van der Waals surface area (Å²) in [5, 5.41) is 3.47. The minimum Gasteiger partial charge on any atom is -0.313 e. The smallest absolute Gasteiger partial charge is 0.0205 e. The number of halogens is 1. The van der Waals surface area contributed by atoms with Crippen molar-refractivity contribution < 1.29 is 0 Å². The Kier molecular flexibility index (Phi) is 9.36. The first-order valence-electron chi connectivity index (χ1n) is 6.15. The van der Waals surface area contributed by atoms with Crippen LogP contribution in [-0.4, -0.2) is 6.54 Å². The molecule has 0 amide bonds. The van der Waals surface area contributed by atoms with E-state index in [0.29, 0.717) is 0 Å². The zero-order valence-electron chi connectivity index (χ0n) is 10.5. The summed E-state index contributed by atoms with van der Waals surface area (Å²) in [5.74, 6) is 0. The molecule has 0 aliphatic rings. The summed E-state index contributed by atoms with van der Waals surface area (Å²) in [4.78, 5) is 0. The van der Waals surface area contributed by atoms with Crippen molar-refractivity contribution in [3.05, 3.63) is 35.4 Å². The maximum atomic E-state index is 3.47. The number of benzene rings is 1. The average molecular weight is 242 g/mol. The van der Waals surface area contributed by atoms with E-state index in [-0.39, 0.29) is 12.4 Å². The molecule has 0 heterocycles. The molecular weight excluding hydrogens is 218 g/mol. The number of nitrogens with one attached hydrogen (secondary N) is 1. The SMILES string of the molecule is CCCCCNCc1ccc(CC)cc1.Cl. The Morgan fingerprint density at radius 1 is 0.938 bits per heavy atom. The summed E-state index contributed by atoms with van der Waals surface area (Å²) in [5.41, 5.74) is 2.81. The Hall–Kier alpha value is -0.530. The molecule has 0 atom stereocenters. The molecule has 0 radical (unpaired) electrons. The van der Waals surface area contributed by atoms with Crippen LogP contribution >= 0.6 is 12.4 Å². The van der Waals surface area contributed by atoms with Gasteiger partial charge in [0.25, 0.3) is 0 Å². The fraction of sp³-hybridized carbons (Fsp3) is 0.571. The van der Waals surface area contributed by atoms with Crippen LogP contribution in [0.2, 0.25) is 0 Å². The van der Waals surface area contributed by atoms with Crippen molar-refractivity contribution in [2.75, 3.05) is 6.54 Å². The van der Waals surface area contributed by atoms with Crippen molar-refractivity contribution in [2.45, 2.75) is 46.1 Å². The summed E-state index contributed by atoms with van der Waals surface area (Å²) in [6.45, 7) is 6.58. The topological polar surface area (TPSA) is 12.0 Å². The zero-order chi connectivity index (χ0) is 10.9. The molecule has 0 spiro atoms. The summed E-state index contributed by atoms with van der Waals surface area (Å²) in [7, 11) is 0. The first-order valence-corrected chi connectivity index (χ1v) is 6.15. The third-order valence-electron chi connectivity index (χ3n) is 2.72. The summed E-state index contributed by atoms with van der Waals surface area (Å²) in [6.07, 6.45) is 5.06. The molecule has 0 unspecified atom stereocenters.